The summed E-state index contributed by atoms with van der Waals surface area (Å²) in [6.45, 7) is 10.0. The number of hydrogen-bond acceptors (Lipinski definition) is 4. The van der Waals surface area contributed by atoms with E-state index in [1.807, 2.05) is 38.1 Å². The molecule has 0 radical (unpaired) electrons. The van der Waals surface area contributed by atoms with Gasteiger partial charge in [-0.2, -0.15) is 0 Å². The van der Waals surface area contributed by atoms with Crippen LogP contribution in [0.25, 0.3) is 6.08 Å². The summed E-state index contributed by atoms with van der Waals surface area (Å²) in [6, 6.07) is 1.97. The second kappa shape index (κ2) is 12.4. The third kappa shape index (κ3) is 7.38. The number of hydrogen-bond donors (Lipinski definition) is 1. The Balaban J connectivity index is 2.04. The minimum absolute atomic E-state index is 0.00943. The van der Waals surface area contributed by atoms with Crippen molar-refractivity contribution in [3.63, 3.8) is 0 Å². The van der Waals surface area contributed by atoms with Crippen LogP contribution in [-0.4, -0.2) is 35.3 Å². The third-order valence-corrected chi connectivity index (χ3v) is 5.05. The Kier molecular flexibility index (Phi) is 9.67. The molecular formula is C26H33N3O3. The van der Waals surface area contributed by atoms with Gasteiger partial charge in [0, 0.05) is 25.7 Å². The lowest BCUT2D eigenvalue weighted by Crippen LogP contribution is -2.27. The summed E-state index contributed by atoms with van der Waals surface area (Å²) < 4.78 is 6.04. The molecule has 2 amide bonds. The van der Waals surface area contributed by atoms with Crippen molar-refractivity contribution in [1.82, 2.24) is 9.88 Å². The van der Waals surface area contributed by atoms with Crippen molar-refractivity contribution in [3.8, 4) is 0 Å². The number of anilines is 1. The Hall–Kier alpha value is -3.41. The smallest absolute Gasteiger partial charge is 0.246 e. The molecular weight excluding hydrogens is 402 g/mol. The summed E-state index contributed by atoms with van der Waals surface area (Å²) >= 11 is 0. The van der Waals surface area contributed by atoms with Crippen LogP contribution in [0.1, 0.15) is 51.2 Å². The van der Waals surface area contributed by atoms with E-state index in [-0.39, 0.29) is 11.8 Å². The van der Waals surface area contributed by atoms with Crippen LogP contribution in [0.15, 0.2) is 66.3 Å². The fourth-order valence-electron chi connectivity index (χ4n) is 3.06. The highest BCUT2D eigenvalue weighted by Crippen LogP contribution is 2.21. The van der Waals surface area contributed by atoms with Gasteiger partial charge in [0.15, 0.2) is 0 Å². The molecule has 1 aliphatic rings. The summed E-state index contributed by atoms with van der Waals surface area (Å²) in [5.41, 5.74) is 2.73. The van der Waals surface area contributed by atoms with E-state index in [4.69, 9.17) is 4.74 Å². The van der Waals surface area contributed by atoms with E-state index in [1.165, 1.54) is 6.08 Å². The molecule has 1 aromatic rings. The Labute approximate surface area is 191 Å². The van der Waals surface area contributed by atoms with E-state index >= 15 is 0 Å². The molecule has 0 bridgehead atoms. The number of pyridine rings is 1. The molecule has 0 unspecified atom stereocenters. The van der Waals surface area contributed by atoms with Gasteiger partial charge in [0.05, 0.1) is 6.54 Å². The monoisotopic (exact) mass is 435 g/mol. The van der Waals surface area contributed by atoms with Crippen LogP contribution in [0.2, 0.25) is 0 Å². The minimum Gasteiger partial charge on any atom is -0.460 e. The predicted molar refractivity (Wildman–Crippen MR) is 130 cm³/mol. The van der Waals surface area contributed by atoms with Gasteiger partial charge in [0.25, 0.3) is 0 Å². The number of rotatable bonds is 9. The highest BCUT2D eigenvalue weighted by molar-refractivity contribution is 5.92. The number of allylic oxidation sites excluding steroid dienone is 5. The number of nitrogens with one attached hydrogen (secondary N) is 1. The Morgan fingerprint density at radius 3 is 2.81 bits per heavy atom. The maximum atomic E-state index is 12.6. The molecule has 2 heterocycles. The zero-order chi connectivity index (χ0) is 23.5. The molecule has 0 spiro atoms. The van der Waals surface area contributed by atoms with Crippen LogP contribution >= 0.6 is 0 Å². The number of fused-ring (bicyclic) bond motifs is 1. The molecule has 1 aromatic heterocycles. The molecule has 0 saturated heterocycles. The molecule has 0 aromatic carbocycles. The van der Waals surface area contributed by atoms with Gasteiger partial charge in [-0.15, -0.1) is 0 Å². The van der Waals surface area contributed by atoms with Crippen LogP contribution in [0.5, 0.6) is 0 Å². The average Bonchev–Trinajstić information content (AvgIpc) is 2.98. The first-order valence-electron chi connectivity index (χ1n) is 10.9. The molecule has 170 valence electrons. The first-order valence-corrected chi connectivity index (χ1v) is 10.9. The lowest BCUT2D eigenvalue weighted by atomic mass is 10.1. The molecule has 6 nitrogen and oxygen atoms in total. The average molecular weight is 436 g/mol. The van der Waals surface area contributed by atoms with Crippen molar-refractivity contribution in [2.45, 2.75) is 46.5 Å². The largest absolute Gasteiger partial charge is 0.460 e. The highest BCUT2D eigenvalue weighted by Gasteiger charge is 2.14. The standard InChI is InChI=1S/C26H33N3O3/c1-6-9-12-23(19(4)7-2)32-22(8-3)18-29(5)25(31)15-14-20-16-21-11-10-13-24(30)28-26(21)27-17-20/h7-9,12,14-17H,2,6,10-11,13,18H2,1,3-5H3,(H,27,28,30)/b12-9-,15-14+,22-8+,23-19+. The second-order valence-corrected chi connectivity index (χ2v) is 7.62. The summed E-state index contributed by atoms with van der Waals surface area (Å²) in [5, 5.41) is 2.82. The van der Waals surface area contributed by atoms with E-state index < -0.39 is 0 Å². The molecule has 1 aliphatic heterocycles. The van der Waals surface area contributed by atoms with Gasteiger partial charge >= 0.3 is 0 Å². The SMILES string of the molecule is C=C/C(C)=C(\C=C/CC)O/C(=C/C)CN(C)C(=O)/C=C/c1cnc2c(c1)CCCC(=O)N2. The first kappa shape index (κ1) is 24.9. The lowest BCUT2D eigenvalue weighted by Gasteiger charge is -2.19. The molecule has 0 atom stereocenters. The molecule has 32 heavy (non-hydrogen) atoms. The van der Waals surface area contributed by atoms with Crippen molar-refractivity contribution in [1.29, 1.82) is 0 Å². The van der Waals surface area contributed by atoms with Crippen molar-refractivity contribution in [2.75, 3.05) is 18.9 Å². The number of carbonyl (C=O) groups is 2. The van der Waals surface area contributed by atoms with Crippen LogP contribution in [-0.2, 0) is 20.7 Å². The summed E-state index contributed by atoms with van der Waals surface area (Å²) in [5.74, 6) is 1.85. The zero-order valence-corrected chi connectivity index (χ0v) is 19.5. The number of likely N-dealkylation sites (N-methyl/N-ethyl adjacent to an activating group) is 1. The number of nitrogens with zero attached hydrogens (tertiary/aromatic N) is 2. The van der Waals surface area contributed by atoms with Gasteiger partial charge in [-0.05, 0) is 74.1 Å². The van der Waals surface area contributed by atoms with E-state index in [9.17, 15) is 9.59 Å². The number of aryl methyl sites for hydroxylation is 1. The summed E-state index contributed by atoms with van der Waals surface area (Å²) in [4.78, 5) is 30.2. The maximum Gasteiger partial charge on any atom is 0.246 e. The molecule has 2 rings (SSSR count). The molecule has 0 fully saturated rings. The molecule has 0 saturated carbocycles. The van der Waals surface area contributed by atoms with Crippen molar-refractivity contribution in [2.24, 2.45) is 0 Å². The molecule has 1 N–H and O–H groups in total. The van der Waals surface area contributed by atoms with Crippen LogP contribution in [0, 0.1) is 0 Å². The number of ether oxygens (including phenoxy) is 1. The van der Waals surface area contributed by atoms with Crippen molar-refractivity contribution in [3.05, 3.63) is 77.4 Å². The van der Waals surface area contributed by atoms with Gasteiger partial charge in [-0.3, -0.25) is 9.59 Å². The zero-order valence-electron chi connectivity index (χ0n) is 19.5. The van der Waals surface area contributed by atoms with Gasteiger partial charge in [-0.1, -0.05) is 25.7 Å². The van der Waals surface area contributed by atoms with Crippen LogP contribution in [0.4, 0.5) is 5.82 Å². The first-order chi connectivity index (χ1) is 15.4. The fraction of sp³-hybridized carbons (Fsp3) is 0.346. The Bertz CT molecular complexity index is 971. The van der Waals surface area contributed by atoms with Gasteiger partial charge in [0.1, 0.15) is 17.3 Å². The Morgan fingerprint density at radius 2 is 2.12 bits per heavy atom. The van der Waals surface area contributed by atoms with E-state index in [1.54, 1.807) is 30.3 Å². The Morgan fingerprint density at radius 1 is 1.34 bits per heavy atom. The maximum absolute atomic E-state index is 12.6. The second-order valence-electron chi connectivity index (χ2n) is 7.62. The van der Waals surface area contributed by atoms with E-state index in [0.29, 0.717) is 24.5 Å². The van der Waals surface area contributed by atoms with Crippen LogP contribution < -0.4 is 5.32 Å². The van der Waals surface area contributed by atoms with Crippen LogP contribution in [0.3, 0.4) is 0 Å². The predicted octanol–water partition coefficient (Wildman–Crippen LogP) is 5.17. The highest BCUT2D eigenvalue weighted by atomic mass is 16.5. The number of amides is 2. The van der Waals surface area contributed by atoms with E-state index in [2.05, 4.69) is 23.8 Å². The van der Waals surface area contributed by atoms with Gasteiger partial charge in [0.2, 0.25) is 11.8 Å². The third-order valence-electron chi connectivity index (χ3n) is 5.05. The fourth-order valence-corrected chi connectivity index (χ4v) is 3.06. The molecule has 6 heteroatoms. The topological polar surface area (TPSA) is 71.5 Å². The van der Waals surface area contributed by atoms with Gasteiger partial charge < -0.3 is 15.0 Å². The van der Waals surface area contributed by atoms with Crippen molar-refractivity contribution < 1.29 is 14.3 Å². The quantitative estimate of drug-likeness (QED) is 0.330. The lowest BCUT2D eigenvalue weighted by molar-refractivity contribution is -0.124. The number of carbonyl (C=O) groups excluding carboxylic acids is 2. The van der Waals surface area contributed by atoms with Crippen molar-refractivity contribution >= 4 is 23.7 Å². The minimum atomic E-state index is -0.147. The van der Waals surface area contributed by atoms with Gasteiger partial charge in [-0.25, -0.2) is 4.98 Å². The summed E-state index contributed by atoms with van der Waals surface area (Å²) in [7, 11) is 1.73. The number of aromatic nitrogens is 1. The normalized spacial score (nSPS) is 15.1. The van der Waals surface area contributed by atoms with E-state index in [0.717, 1.165) is 41.7 Å². The molecule has 0 aliphatic carbocycles. The summed E-state index contributed by atoms with van der Waals surface area (Å²) in [6.07, 6.45) is 15.4.